The molecule has 0 bridgehead atoms. The largest absolute Gasteiger partial charge is 0.491 e. The van der Waals surface area contributed by atoms with Crippen molar-refractivity contribution in [2.45, 2.75) is 42.7 Å². The Hall–Kier alpha value is -8.69. The molecule has 3 amide bonds. The lowest BCUT2D eigenvalue weighted by atomic mass is 9.65. The lowest BCUT2D eigenvalue weighted by Gasteiger charge is -2.46. The summed E-state index contributed by atoms with van der Waals surface area (Å²) in [6.07, 6.45) is -1.96. The zero-order valence-corrected chi connectivity index (χ0v) is 39.5. The molecular formula is C56H48N8O9. The molecule has 2 saturated heterocycles. The molecule has 1 spiro atoms. The molecule has 6 aromatic carbocycles. The van der Waals surface area contributed by atoms with Gasteiger partial charge in [-0.1, -0.05) is 114 Å². The molecule has 6 atom stereocenters. The highest BCUT2D eigenvalue weighted by atomic mass is 16.6. The highest BCUT2D eigenvalue weighted by Gasteiger charge is 2.75. The van der Waals surface area contributed by atoms with E-state index in [9.17, 15) is 9.90 Å². The van der Waals surface area contributed by atoms with Gasteiger partial charge in [0.25, 0.3) is 0 Å². The number of aliphatic hydroxyl groups excluding tert-OH is 1. The van der Waals surface area contributed by atoms with E-state index in [-0.39, 0.29) is 50.8 Å². The Morgan fingerprint density at radius 1 is 0.808 bits per heavy atom. The first kappa shape index (κ1) is 46.7. The molecule has 8 aromatic rings. The van der Waals surface area contributed by atoms with Crippen molar-refractivity contribution in [3.63, 3.8) is 0 Å². The Bertz CT molecular complexity index is 3410. The fraction of sp³-hybridized carbons (Fsp3) is 0.232. The van der Waals surface area contributed by atoms with Crippen LogP contribution >= 0.6 is 0 Å². The summed E-state index contributed by atoms with van der Waals surface area (Å²) in [5.74, 6) is 3.39. The average molecular weight is 977 g/mol. The number of amides is 3. The predicted molar refractivity (Wildman–Crippen MR) is 267 cm³/mol. The van der Waals surface area contributed by atoms with E-state index in [1.165, 1.54) is 7.11 Å². The summed E-state index contributed by atoms with van der Waals surface area (Å²) >= 11 is 0. The van der Waals surface area contributed by atoms with Gasteiger partial charge in [-0.2, -0.15) is 0 Å². The van der Waals surface area contributed by atoms with Crippen molar-refractivity contribution >= 4 is 51.6 Å². The number of imidazole rings is 1. The molecule has 3 N–H and O–H groups in total. The number of rotatable bonds is 13. The van der Waals surface area contributed by atoms with Gasteiger partial charge in [-0.3, -0.25) is 19.3 Å². The van der Waals surface area contributed by atoms with E-state index in [1.54, 1.807) is 41.1 Å². The summed E-state index contributed by atoms with van der Waals surface area (Å²) in [4.78, 5) is 73.5. The number of nitrogens with zero attached hydrogens (tertiary/aromatic N) is 6. The standard InChI is InChI=1S/C56H48N8O9/c1-70-30-31-72-55(69)63-44-26-25-35(14-13-27-62-45-24-11-10-23-43(45)60-61-62)32-40(44)56(54(63)68)47(52(66)57-34-46-58-41-21-8-9-22-42(41)59-46)49-53(67)73-50(37-17-6-3-7-18-37)48(36-15-4-2-5-16-36)64(49)51(56)38-19-12-20-39(33-38)71-29-28-65/h2-12,15-26,32-33,47-51,65H,27-31,34H2,1H3,(H,57,66)(H,58,59)/t47-,48-,49-,50+,51+,56-/m0/s1. The van der Waals surface area contributed by atoms with Gasteiger partial charge in [-0.25, -0.2) is 19.4 Å². The first-order chi connectivity index (χ1) is 35.8. The third-order valence-corrected chi connectivity index (χ3v) is 13.7. The van der Waals surface area contributed by atoms with Gasteiger partial charge in [-0.05, 0) is 76.9 Å². The van der Waals surface area contributed by atoms with E-state index >= 15 is 14.4 Å². The fourth-order valence-corrected chi connectivity index (χ4v) is 10.8. The molecule has 0 aliphatic carbocycles. The Labute approximate surface area is 418 Å². The number of H-pyrrole nitrogens is 1. The maximum Gasteiger partial charge on any atom is 0.421 e. The highest BCUT2D eigenvalue weighted by molar-refractivity contribution is 6.23. The molecule has 3 aliphatic rings. The van der Waals surface area contributed by atoms with Crippen LogP contribution in [0, 0.1) is 17.8 Å². The number of ether oxygens (including phenoxy) is 4. The fourth-order valence-electron chi connectivity index (χ4n) is 10.8. The number of hydrogen-bond donors (Lipinski definition) is 3. The summed E-state index contributed by atoms with van der Waals surface area (Å²) < 4.78 is 25.3. The number of cyclic esters (lactones) is 1. The van der Waals surface area contributed by atoms with Crippen molar-refractivity contribution in [1.82, 2.24) is 35.2 Å². The number of imide groups is 1. The molecule has 0 saturated carbocycles. The number of hydrogen-bond acceptors (Lipinski definition) is 13. The topological polar surface area (TPSA) is 203 Å². The molecule has 5 heterocycles. The third-order valence-electron chi connectivity index (χ3n) is 13.7. The molecule has 0 unspecified atom stereocenters. The lowest BCUT2D eigenvalue weighted by molar-refractivity contribution is -0.178. The zero-order valence-electron chi connectivity index (χ0n) is 39.5. The van der Waals surface area contributed by atoms with Crippen molar-refractivity contribution in [2.24, 2.45) is 5.92 Å². The number of esters is 1. The molecule has 2 aromatic heterocycles. The second-order valence-corrected chi connectivity index (χ2v) is 17.8. The maximum atomic E-state index is 16.6. The van der Waals surface area contributed by atoms with Gasteiger partial charge < -0.3 is 34.4 Å². The van der Waals surface area contributed by atoms with E-state index in [4.69, 9.17) is 23.9 Å². The summed E-state index contributed by atoms with van der Waals surface area (Å²) in [6.45, 7) is -0.410. The number of morpholine rings is 1. The second-order valence-electron chi connectivity index (χ2n) is 17.8. The normalized spacial score (nSPS) is 21.1. The molecule has 2 fully saturated rings. The van der Waals surface area contributed by atoms with Crippen LogP contribution < -0.4 is 15.0 Å². The van der Waals surface area contributed by atoms with Crippen LogP contribution in [-0.2, 0) is 47.1 Å². The number of carbonyl (C=O) groups is 4. The van der Waals surface area contributed by atoms with E-state index in [0.717, 1.165) is 21.5 Å². The van der Waals surface area contributed by atoms with Gasteiger partial charge in [0.05, 0.1) is 60.0 Å². The lowest BCUT2D eigenvalue weighted by Crippen LogP contribution is -2.55. The van der Waals surface area contributed by atoms with E-state index < -0.39 is 59.4 Å². The van der Waals surface area contributed by atoms with Gasteiger partial charge in [0.2, 0.25) is 11.8 Å². The smallest absolute Gasteiger partial charge is 0.421 e. The van der Waals surface area contributed by atoms with E-state index in [0.29, 0.717) is 39.3 Å². The average Bonchev–Trinajstić information content (AvgIpc) is 4.21. The molecule has 17 heteroatoms. The third kappa shape index (κ3) is 8.30. The van der Waals surface area contributed by atoms with Crippen molar-refractivity contribution in [2.75, 3.05) is 38.4 Å². The number of benzene rings is 6. The molecule has 0 radical (unpaired) electrons. The minimum Gasteiger partial charge on any atom is -0.491 e. The van der Waals surface area contributed by atoms with E-state index in [1.807, 2.05) is 120 Å². The maximum absolute atomic E-state index is 16.6. The van der Waals surface area contributed by atoms with Crippen LogP contribution in [0.15, 0.2) is 152 Å². The Morgan fingerprint density at radius 2 is 1.55 bits per heavy atom. The van der Waals surface area contributed by atoms with Crippen LogP contribution in [0.3, 0.4) is 0 Å². The molecule has 11 rings (SSSR count). The Balaban J connectivity index is 1.16. The Morgan fingerprint density at radius 3 is 2.33 bits per heavy atom. The van der Waals surface area contributed by atoms with Gasteiger partial charge in [-0.15, -0.1) is 5.10 Å². The van der Waals surface area contributed by atoms with Crippen molar-refractivity contribution in [3.05, 3.63) is 185 Å². The van der Waals surface area contributed by atoms with E-state index in [2.05, 4.69) is 32.5 Å². The molecular weight excluding hydrogens is 929 g/mol. The molecule has 366 valence electrons. The second kappa shape index (κ2) is 19.8. The van der Waals surface area contributed by atoms with Gasteiger partial charge >= 0.3 is 12.1 Å². The summed E-state index contributed by atoms with van der Waals surface area (Å²) in [6, 6.07) is 42.3. The van der Waals surface area contributed by atoms with Crippen molar-refractivity contribution < 1.29 is 43.2 Å². The number of anilines is 1. The van der Waals surface area contributed by atoms with Crippen LogP contribution in [0.1, 0.15) is 51.8 Å². The number of fused-ring (bicyclic) bond motifs is 5. The minimum absolute atomic E-state index is 0.0389. The summed E-state index contributed by atoms with van der Waals surface area (Å²) in [5.41, 5.74) is 3.53. The number of carbonyl (C=O) groups excluding carboxylic acids is 4. The van der Waals surface area contributed by atoms with Gasteiger partial charge in [0, 0.05) is 12.7 Å². The molecule has 17 nitrogen and oxygen atoms in total. The SMILES string of the molecule is COCCOC(=O)N1C(=O)[C@@]2(c3cc(C#CCn4nnc5ccccc54)ccc31)[C@H](C(=O)NCc1nc3ccccc3[nH]1)[C@H]1C(=O)O[C@H](c3ccccc3)[C@H](c3ccccc3)N1[C@@H]2c1cccc(OCCO)c1. The summed E-state index contributed by atoms with van der Waals surface area (Å²) in [5, 5.41) is 21.5. The van der Waals surface area contributed by atoms with Gasteiger partial charge in [0.1, 0.15) is 54.4 Å². The van der Waals surface area contributed by atoms with Gasteiger partial charge in [0.15, 0.2) is 0 Å². The molecule has 73 heavy (non-hydrogen) atoms. The number of aromatic amines is 1. The Kier molecular flexibility index (Phi) is 12.7. The van der Waals surface area contributed by atoms with Crippen LogP contribution in [0.2, 0.25) is 0 Å². The van der Waals surface area contributed by atoms with Crippen LogP contribution in [0.5, 0.6) is 5.75 Å². The number of nitrogens with one attached hydrogen (secondary N) is 2. The monoisotopic (exact) mass is 976 g/mol. The number of aromatic nitrogens is 5. The zero-order chi connectivity index (χ0) is 50.1. The number of aliphatic hydroxyl groups is 1. The first-order valence-corrected chi connectivity index (χ1v) is 23.8. The number of para-hydroxylation sites is 3. The number of methoxy groups -OCH3 is 1. The summed E-state index contributed by atoms with van der Waals surface area (Å²) in [7, 11) is 1.46. The van der Waals surface area contributed by atoms with Crippen LogP contribution in [0.25, 0.3) is 22.1 Å². The van der Waals surface area contributed by atoms with Crippen LogP contribution in [-0.4, -0.2) is 98.4 Å². The highest BCUT2D eigenvalue weighted by Crippen LogP contribution is 2.66. The minimum atomic E-state index is -2.11. The quantitative estimate of drug-likeness (QED) is 0.0643. The van der Waals surface area contributed by atoms with Crippen molar-refractivity contribution in [1.29, 1.82) is 0 Å². The van der Waals surface area contributed by atoms with Crippen molar-refractivity contribution in [3.8, 4) is 17.6 Å². The molecule has 3 aliphatic heterocycles. The van der Waals surface area contributed by atoms with Crippen LogP contribution in [0.4, 0.5) is 10.5 Å². The predicted octanol–water partition coefficient (Wildman–Crippen LogP) is 6.50. The first-order valence-electron chi connectivity index (χ1n) is 23.8.